The van der Waals surface area contributed by atoms with Crippen LogP contribution in [-0.2, 0) is 38.8 Å². The third-order valence-corrected chi connectivity index (χ3v) is 6.02. The van der Waals surface area contributed by atoms with Crippen LogP contribution in [0.4, 0.5) is 0 Å². The summed E-state index contributed by atoms with van der Waals surface area (Å²) in [5, 5.41) is 2.16. The Balaban J connectivity index is 1.34. The summed E-state index contributed by atoms with van der Waals surface area (Å²) in [6.07, 6.45) is -0.0186. The second-order valence-electron chi connectivity index (χ2n) is 8.32. The number of ether oxygens (including phenoxy) is 2. The van der Waals surface area contributed by atoms with Gasteiger partial charge in [-0.15, -0.1) is 0 Å². The minimum atomic E-state index is -2.42. The zero-order chi connectivity index (χ0) is 26.3. The van der Waals surface area contributed by atoms with Crippen molar-refractivity contribution in [3.8, 4) is 5.75 Å². The second kappa shape index (κ2) is 9.26. The van der Waals surface area contributed by atoms with Crippen LogP contribution in [0, 0.1) is 0 Å². The lowest BCUT2D eigenvalue weighted by molar-refractivity contribution is -0.143. The van der Waals surface area contributed by atoms with Crippen molar-refractivity contribution >= 4 is 23.6 Å². The number of piperidine rings is 1. The number of carbonyl (C=O) groups excluding carboxylic acids is 4. The summed E-state index contributed by atoms with van der Waals surface area (Å²) in [7, 11) is 0. The van der Waals surface area contributed by atoms with Crippen LogP contribution in [0.3, 0.4) is 0 Å². The van der Waals surface area contributed by atoms with Crippen LogP contribution in [0.25, 0.3) is 0 Å². The Morgan fingerprint density at radius 3 is 2.71 bits per heavy atom. The molecule has 4 amide bonds. The highest BCUT2D eigenvalue weighted by Crippen LogP contribution is 2.34. The first-order valence-corrected chi connectivity index (χ1v) is 11.0. The van der Waals surface area contributed by atoms with Gasteiger partial charge in [0.1, 0.15) is 25.0 Å². The number of nitrogens with one attached hydrogen (secondary N) is 1. The third-order valence-electron chi connectivity index (χ3n) is 6.02. The first-order valence-electron chi connectivity index (χ1n) is 12.5. The minimum absolute atomic E-state index is 0.00414. The van der Waals surface area contributed by atoms with Gasteiger partial charge in [0.25, 0.3) is 5.91 Å². The van der Waals surface area contributed by atoms with Gasteiger partial charge in [-0.3, -0.25) is 24.5 Å². The van der Waals surface area contributed by atoms with Crippen molar-refractivity contribution in [2.45, 2.75) is 38.5 Å². The van der Waals surface area contributed by atoms with E-state index in [0.717, 1.165) is 16.0 Å². The molecule has 0 spiro atoms. The van der Waals surface area contributed by atoms with Gasteiger partial charge in [-0.2, -0.15) is 0 Å². The zero-order valence-corrected chi connectivity index (χ0v) is 18.3. The SMILES string of the molecule is [2H]c1ccc(OCc2ccc(CN3CCOCC3=O)cc2)c2c1C(=O)N(C1CCC(=O)NC1=O)C2([2H])[2H]. The molecule has 1 atom stereocenters. The van der Waals surface area contributed by atoms with E-state index in [-0.39, 0.29) is 54.9 Å². The van der Waals surface area contributed by atoms with Gasteiger partial charge < -0.3 is 19.3 Å². The van der Waals surface area contributed by atoms with Gasteiger partial charge >= 0.3 is 0 Å². The van der Waals surface area contributed by atoms with E-state index in [1.54, 1.807) is 4.90 Å². The maximum Gasteiger partial charge on any atom is 0.255 e. The monoisotopic (exact) mass is 466 g/mol. The summed E-state index contributed by atoms with van der Waals surface area (Å²) >= 11 is 0. The van der Waals surface area contributed by atoms with Gasteiger partial charge in [0.05, 0.1) is 17.2 Å². The number of nitrogens with zero attached hydrogens (tertiary/aromatic N) is 2. The van der Waals surface area contributed by atoms with Crippen LogP contribution in [0.2, 0.25) is 0 Å². The number of morpholine rings is 1. The van der Waals surface area contributed by atoms with Crippen LogP contribution in [0.5, 0.6) is 5.75 Å². The lowest BCUT2D eigenvalue weighted by atomic mass is 10.0. The van der Waals surface area contributed by atoms with E-state index >= 15 is 0 Å². The first kappa shape index (κ1) is 18.7. The summed E-state index contributed by atoms with van der Waals surface area (Å²) < 4.78 is 36.7. The van der Waals surface area contributed by atoms with Crippen LogP contribution >= 0.6 is 0 Å². The molecule has 5 rings (SSSR count). The van der Waals surface area contributed by atoms with E-state index in [1.807, 2.05) is 24.3 Å². The standard InChI is InChI=1S/C25H25N3O6/c29-22-9-8-20(24(31)26-22)28-13-19-18(25(28)32)2-1-3-21(19)34-14-17-6-4-16(5-7-17)12-27-10-11-33-15-23(27)30/h1-7,20H,8-15H2,(H,26,29,31)/i2D,13D2. The van der Waals surface area contributed by atoms with Crippen molar-refractivity contribution in [2.75, 3.05) is 19.8 Å². The molecule has 3 aliphatic rings. The number of hydrogen-bond acceptors (Lipinski definition) is 6. The molecule has 9 heteroatoms. The van der Waals surface area contributed by atoms with E-state index in [9.17, 15) is 19.2 Å². The highest BCUT2D eigenvalue weighted by Gasteiger charge is 2.40. The van der Waals surface area contributed by atoms with Crippen molar-refractivity contribution in [1.29, 1.82) is 0 Å². The van der Waals surface area contributed by atoms with Crippen molar-refractivity contribution in [3.05, 3.63) is 64.7 Å². The topological polar surface area (TPSA) is 105 Å². The molecule has 9 nitrogen and oxygen atoms in total. The van der Waals surface area contributed by atoms with Gasteiger partial charge in [0, 0.05) is 30.6 Å². The number of amides is 4. The lowest BCUT2D eigenvalue weighted by Gasteiger charge is -2.29. The number of imide groups is 1. The molecular formula is C25H25N3O6. The maximum absolute atomic E-state index is 13.2. The van der Waals surface area contributed by atoms with E-state index < -0.39 is 30.3 Å². The molecule has 3 aliphatic heterocycles. The van der Waals surface area contributed by atoms with E-state index in [4.69, 9.17) is 13.6 Å². The number of hydrogen-bond donors (Lipinski definition) is 1. The normalized spacial score (nSPS) is 23.2. The molecule has 2 aromatic rings. The Labute approximate surface area is 200 Å². The average molecular weight is 467 g/mol. The maximum atomic E-state index is 13.2. The predicted octanol–water partition coefficient (Wildman–Crippen LogP) is 1.39. The van der Waals surface area contributed by atoms with E-state index in [1.165, 1.54) is 12.1 Å². The van der Waals surface area contributed by atoms with Crippen LogP contribution in [-0.4, -0.2) is 59.2 Å². The van der Waals surface area contributed by atoms with E-state index in [2.05, 4.69) is 5.32 Å². The van der Waals surface area contributed by atoms with Gasteiger partial charge in [-0.25, -0.2) is 0 Å². The number of rotatable bonds is 6. The molecule has 0 saturated carbocycles. The highest BCUT2D eigenvalue weighted by atomic mass is 16.5. The van der Waals surface area contributed by atoms with Crippen LogP contribution in [0.1, 0.15) is 44.0 Å². The fourth-order valence-electron chi connectivity index (χ4n) is 4.16. The van der Waals surface area contributed by atoms with Crippen molar-refractivity contribution in [2.24, 2.45) is 0 Å². The van der Waals surface area contributed by atoms with Crippen LogP contribution in [0.15, 0.2) is 42.4 Å². The average Bonchev–Trinajstić information content (AvgIpc) is 3.07. The molecule has 0 aromatic heterocycles. The molecule has 2 aromatic carbocycles. The Morgan fingerprint density at radius 1 is 1.15 bits per heavy atom. The molecule has 176 valence electrons. The Bertz CT molecular complexity index is 1280. The van der Waals surface area contributed by atoms with Crippen molar-refractivity contribution in [1.82, 2.24) is 15.1 Å². The van der Waals surface area contributed by atoms with Gasteiger partial charge in [-0.05, 0) is 29.7 Å². The molecule has 0 bridgehead atoms. The second-order valence-corrected chi connectivity index (χ2v) is 8.32. The Morgan fingerprint density at radius 2 is 1.94 bits per heavy atom. The van der Waals surface area contributed by atoms with Crippen molar-refractivity contribution in [3.63, 3.8) is 0 Å². The number of carbonyl (C=O) groups is 4. The Kier molecular flexibility index (Phi) is 5.09. The summed E-state index contributed by atoms with van der Waals surface area (Å²) in [4.78, 5) is 51.7. The Hall–Kier alpha value is -3.72. The molecule has 0 aliphatic carbocycles. The van der Waals surface area contributed by atoms with Crippen molar-refractivity contribution < 1.29 is 32.8 Å². The minimum Gasteiger partial charge on any atom is -0.489 e. The number of benzene rings is 2. The van der Waals surface area contributed by atoms with Gasteiger partial charge in [0.2, 0.25) is 17.7 Å². The molecule has 2 fully saturated rings. The van der Waals surface area contributed by atoms with Gasteiger partial charge in [-0.1, -0.05) is 30.3 Å². The quantitative estimate of drug-likeness (QED) is 0.645. The summed E-state index contributed by atoms with van der Waals surface area (Å²) in [5.74, 6) is -1.96. The summed E-state index contributed by atoms with van der Waals surface area (Å²) in [5.41, 5.74) is 1.47. The molecule has 2 saturated heterocycles. The molecule has 0 radical (unpaired) electrons. The predicted molar refractivity (Wildman–Crippen MR) is 119 cm³/mol. The lowest BCUT2D eigenvalue weighted by Crippen LogP contribution is -2.52. The summed E-state index contributed by atoms with van der Waals surface area (Å²) in [6, 6.07) is 8.90. The zero-order valence-electron chi connectivity index (χ0n) is 21.3. The first-order chi connectivity index (χ1) is 17.7. The van der Waals surface area contributed by atoms with Gasteiger partial charge in [0.15, 0.2) is 0 Å². The smallest absolute Gasteiger partial charge is 0.255 e. The fourth-order valence-corrected chi connectivity index (χ4v) is 4.16. The molecule has 34 heavy (non-hydrogen) atoms. The number of fused-ring (bicyclic) bond motifs is 1. The molecule has 3 heterocycles. The van der Waals surface area contributed by atoms with E-state index in [0.29, 0.717) is 19.7 Å². The summed E-state index contributed by atoms with van der Waals surface area (Å²) in [6.45, 7) is -0.739. The molecular weight excluding hydrogens is 438 g/mol. The fraction of sp³-hybridized carbons (Fsp3) is 0.360. The molecule has 1 N–H and O–H groups in total. The third kappa shape index (κ3) is 4.38. The molecule has 1 unspecified atom stereocenters. The highest BCUT2D eigenvalue weighted by molar-refractivity contribution is 6.05. The largest absolute Gasteiger partial charge is 0.489 e. The van der Waals surface area contributed by atoms with Crippen LogP contribution < -0.4 is 10.1 Å².